The van der Waals surface area contributed by atoms with Crippen molar-refractivity contribution in [3.05, 3.63) is 52.7 Å². The fraction of sp³-hybridized carbons (Fsp3) is 0.143. The van der Waals surface area contributed by atoms with E-state index in [2.05, 4.69) is 16.4 Å². The number of nitrogens with one attached hydrogen (secondary N) is 1. The topological polar surface area (TPSA) is 48.7 Å². The molecule has 0 aliphatic heterocycles. The lowest BCUT2D eigenvalue weighted by Gasteiger charge is -2.06. The molecule has 5 heteroatoms. The monoisotopic (exact) mass is 289 g/mol. The summed E-state index contributed by atoms with van der Waals surface area (Å²) in [7, 11) is 1.88. The fourth-order valence-electron chi connectivity index (χ4n) is 1.60. The van der Waals surface area contributed by atoms with E-state index in [0.29, 0.717) is 10.6 Å². The number of hydrogen-bond acceptors (Lipinski definition) is 4. The van der Waals surface area contributed by atoms with Crippen LogP contribution in [0.15, 0.2) is 46.5 Å². The number of nitriles is 1. The van der Waals surface area contributed by atoms with E-state index in [0.717, 1.165) is 22.0 Å². The molecule has 0 saturated heterocycles. The maximum Gasteiger partial charge on any atom is 0.101 e. The van der Waals surface area contributed by atoms with Gasteiger partial charge in [-0.05, 0) is 36.9 Å². The summed E-state index contributed by atoms with van der Waals surface area (Å²) in [6, 6.07) is 11.7. The van der Waals surface area contributed by atoms with Crippen LogP contribution in [-0.2, 0) is 6.54 Å². The van der Waals surface area contributed by atoms with Crippen LogP contribution in [0.5, 0.6) is 0 Å². The predicted molar refractivity (Wildman–Crippen MR) is 77.3 cm³/mol. The number of hydrogen-bond donors (Lipinski definition) is 1. The van der Waals surface area contributed by atoms with Gasteiger partial charge in [0.2, 0.25) is 0 Å². The molecule has 1 aromatic heterocycles. The summed E-state index contributed by atoms with van der Waals surface area (Å²) in [6.45, 7) is 0.749. The first-order valence-electron chi connectivity index (χ1n) is 5.70. The van der Waals surface area contributed by atoms with Gasteiger partial charge in [-0.3, -0.25) is 0 Å². The molecular weight excluding hydrogens is 278 g/mol. The van der Waals surface area contributed by atoms with Gasteiger partial charge in [-0.1, -0.05) is 29.4 Å². The van der Waals surface area contributed by atoms with Crippen LogP contribution in [0.4, 0.5) is 0 Å². The van der Waals surface area contributed by atoms with Gasteiger partial charge in [0.1, 0.15) is 11.1 Å². The highest BCUT2D eigenvalue weighted by Gasteiger charge is 2.06. The van der Waals surface area contributed by atoms with E-state index in [4.69, 9.17) is 11.6 Å². The molecule has 0 spiro atoms. The Bertz CT molecular complexity index is 605. The van der Waals surface area contributed by atoms with Crippen molar-refractivity contribution in [2.75, 3.05) is 7.05 Å². The third-order valence-corrected chi connectivity index (χ3v) is 3.71. The molecule has 1 heterocycles. The second kappa shape index (κ2) is 6.58. The van der Waals surface area contributed by atoms with E-state index in [9.17, 15) is 5.26 Å². The van der Waals surface area contributed by atoms with Gasteiger partial charge >= 0.3 is 0 Å². The van der Waals surface area contributed by atoms with Crippen molar-refractivity contribution in [2.24, 2.45) is 0 Å². The Hall–Kier alpha value is -1.54. The largest absolute Gasteiger partial charge is 0.316 e. The number of pyridine rings is 1. The lowest BCUT2D eigenvalue weighted by Crippen LogP contribution is -2.05. The molecule has 0 amide bonds. The van der Waals surface area contributed by atoms with Crippen molar-refractivity contribution in [1.29, 1.82) is 5.26 Å². The van der Waals surface area contributed by atoms with Gasteiger partial charge in [-0.25, -0.2) is 4.98 Å². The number of nitrogens with zero attached hydrogens (tertiary/aromatic N) is 2. The third kappa shape index (κ3) is 3.71. The van der Waals surface area contributed by atoms with Crippen LogP contribution in [0.2, 0.25) is 5.02 Å². The van der Waals surface area contributed by atoms with E-state index >= 15 is 0 Å². The molecule has 0 aliphatic rings. The highest BCUT2D eigenvalue weighted by atomic mass is 35.5. The first-order valence-corrected chi connectivity index (χ1v) is 6.89. The molecule has 2 rings (SSSR count). The molecule has 0 saturated carbocycles. The van der Waals surface area contributed by atoms with E-state index < -0.39 is 0 Å². The molecule has 0 bridgehead atoms. The van der Waals surface area contributed by atoms with Crippen molar-refractivity contribution >= 4 is 23.4 Å². The minimum absolute atomic E-state index is 0.606. The molecule has 0 unspecified atom stereocenters. The van der Waals surface area contributed by atoms with E-state index in [1.54, 1.807) is 12.3 Å². The molecule has 0 aliphatic carbocycles. The van der Waals surface area contributed by atoms with Crippen molar-refractivity contribution in [3.63, 3.8) is 0 Å². The van der Waals surface area contributed by atoms with Crippen molar-refractivity contribution in [1.82, 2.24) is 10.3 Å². The van der Waals surface area contributed by atoms with Crippen LogP contribution in [0.1, 0.15) is 11.1 Å². The van der Waals surface area contributed by atoms with E-state index in [-0.39, 0.29) is 0 Å². The minimum Gasteiger partial charge on any atom is -0.316 e. The summed E-state index contributed by atoms with van der Waals surface area (Å²) in [5.41, 5.74) is 1.75. The molecule has 0 atom stereocenters. The predicted octanol–water partition coefficient (Wildman–Crippen LogP) is 3.48. The highest BCUT2D eigenvalue weighted by Crippen LogP contribution is 2.29. The van der Waals surface area contributed by atoms with Gasteiger partial charge in [0.25, 0.3) is 0 Å². The highest BCUT2D eigenvalue weighted by molar-refractivity contribution is 7.99. The SMILES string of the molecule is CNCc1ccc(Sc2ccc(Cl)cn2)c(C#N)c1. The Labute approximate surface area is 121 Å². The fourth-order valence-corrected chi connectivity index (χ4v) is 2.53. The molecule has 0 fully saturated rings. The number of rotatable bonds is 4. The van der Waals surface area contributed by atoms with Crippen molar-refractivity contribution in [3.8, 4) is 6.07 Å². The minimum atomic E-state index is 0.606. The zero-order valence-corrected chi connectivity index (χ0v) is 11.9. The molecule has 19 heavy (non-hydrogen) atoms. The molecule has 1 aromatic carbocycles. The normalized spacial score (nSPS) is 10.2. The summed E-state index contributed by atoms with van der Waals surface area (Å²) in [5.74, 6) is 0. The zero-order chi connectivity index (χ0) is 13.7. The van der Waals surface area contributed by atoms with Gasteiger partial charge in [0.15, 0.2) is 0 Å². The Morgan fingerprint density at radius 3 is 2.84 bits per heavy atom. The van der Waals surface area contributed by atoms with E-state index in [1.807, 2.05) is 31.3 Å². The molecule has 2 aromatic rings. The summed E-state index contributed by atoms with van der Waals surface area (Å²) in [6.07, 6.45) is 1.60. The standard InChI is InChI=1S/C14H12ClN3S/c1-17-8-10-2-4-13(11(6-10)7-16)19-14-5-3-12(15)9-18-14/h2-6,9,17H,8H2,1H3. The number of aromatic nitrogens is 1. The van der Waals surface area contributed by atoms with Crippen molar-refractivity contribution < 1.29 is 0 Å². The van der Waals surface area contributed by atoms with Crippen LogP contribution in [-0.4, -0.2) is 12.0 Å². The first kappa shape index (κ1) is 13.9. The Balaban J connectivity index is 2.25. The van der Waals surface area contributed by atoms with Gasteiger partial charge < -0.3 is 5.32 Å². The summed E-state index contributed by atoms with van der Waals surface area (Å²) >= 11 is 7.26. The Morgan fingerprint density at radius 2 is 2.21 bits per heavy atom. The lowest BCUT2D eigenvalue weighted by atomic mass is 10.1. The number of halogens is 1. The smallest absolute Gasteiger partial charge is 0.101 e. The lowest BCUT2D eigenvalue weighted by molar-refractivity contribution is 0.816. The maximum atomic E-state index is 9.21. The number of benzene rings is 1. The van der Waals surface area contributed by atoms with Gasteiger partial charge in [0, 0.05) is 17.6 Å². The maximum absolute atomic E-state index is 9.21. The first-order chi connectivity index (χ1) is 9.22. The molecule has 96 valence electrons. The summed E-state index contributed by atoms with van der Waals surface area (Å²) < 4.78 is 0. The van der Waals surface area contributed by atoms with Gasteiger partial charge in [-0.2, -0.15) is 5.26 Å². The van der Waals surface area contributed by atoms with Gasteiger partial charge in [-0.15, -0.1) is 0 Å². The molecule has 3 nitrogen and oxygen atoms in total. The molecular formula is C14H12ClN3S. The molecule has 1 N–H and O–H groups in total. The average Bonchev–Trinajstić information content (AvgIpc) is 2.43. The summed E-state index contributed by atoms with van der Waals surface area (Å²) in [4.78, 5) is 5.12. The second-order valence-electron chi connectivity index (χ2n) is 3.89. The molecule has 0 radical (unpaired) electrons. The second-order valence-corrected chi connectivity index (χ2v) is 5.39. The average molecular weight is 290 g/mol. The van der Waals surface area contributed by atoms with Crippen LogP contribution in [0.3, 0.4) is 0 Å². The summed E-state index contributed by atoms with van der Waals surface area (Å²) in [5, 5.41) is 13.7. The van der Waals surface area contributed by atoms with Crippen molar-refractivity contribution in [2.45, 2.75) is 16.5 Å². The van der Waals surface area contributed by atoms with Crippen LogP contribution in [0, 0.1) is 11.3 Å². The van der Waals surface area contributed by atoms with Crippen LogP contribution >= 0.6 is 23.4 Å². The third-order valence-electron chi connectivity index (χ3n) is 2.46. The van der Waals surface area contributed by atoms with Gasteiger partial charge in [0.05, 0.1) is 10.6 Å². The van der Waals surface area contributed by atoms with Crippen LogP contribution in [0.25, 0.3) is 0 Å². The zero-order valence-electron chi connectivity index (χ0n) is 10.4. The van der Waals surface area contributed by atoms with Crippen LogP contribution < -0.4 is 5.32 Å². The Kier molecular flexibility index (Phi) is 4.80. The van der Waals surface area contributed by atoms with E-state index in [1.165, 1.54) is 11.8 Å². The Morgan fingerprint density at radius 1 is 1.37 bits per heavy atom. The quantitative estimate of drug-likeness (QED) is 0.936.